The number of nitrogens with zero attached hydrogens (tertiary/aromatic N) is 4. The number of aromatic nitrogens is 4. The fourth-order valence-corrected chi connectivity index (χ4v) is 3.23. The molecule has 0 aliphatic carbocycles. The second-order valence-corrected chi connectivity index (χ2v) is 7.58. The highest BCUT2D eigenvalue weighted by atomic mass is 16.4. The highest BCUT2D eigenvalue weighted by Crippen LogP contribution is 2.18. The van der Waals surface area contributed by atoms with Crippen molar-refractivity contribution in [3.05, 3.63) is 52.1 Å². The number of H-pyrrole nitrogens is 1. The van der Waals surface area contributed by atoms with E-state index in [1.165, 1.54) is 35.4 Å². The number of carbonyl (C=O) groups is 4. The summed E-state index contributed by atoms with van der Waals surface area (Å²) in [5, 5.41) is 29.5. The molecule has 15 nitrogen and oxygen atoms in total. The van der Waals surface area contributed by atoms with Gasteiger partial charge in [-0.1, -0.05) is 0 Å². The maximum atomic E-state index is 12.4. The lowest BCUT2D eigenvalue weighted by molar-refractivity contribution is -0.140. The number of nitrogen functional groups attached to an aromatic ring is 1. The molecule has 188 valence electrons. The molecule has 2 heterocycles. The molecule has 2 aromatic heterocycles. The Morgan fingerprint density at radius 2 is 1.75 bits per heavy atom. The van der Waals surface area contributed by atoms with Crippen LogP contribution in [0.4, 0.5) is 11.6 Å². The van der Waals surface area contributed by atoms with Crippen LogP contribution in [0.2, 0.25) is 0 Å². The van der Waals surface area contributed by atoms with Gasteiger partial charge in [0, 0.05) is 17.7 Å². The third kappa shape index (κ3) is 6.49. The number of nitrogens with two attached hydrogens (primary N) is 1. The highest BCUT2D eigenvalue weighted by Gasteiger charge is 2.22. The zero-order valence-corrected chi connectivity index (χ0v) is 18.5. The Kier molecular flexibility index (Phi) is 7.73. The molecule has 0 unspecified atom stereocenters. The molecular formula is C21H21N7O8. The molecule has 1 aromatic carbocycles. The molecule has 0 radical (unpaired) electrons. The Labute approximate surface area is 201 Å². The molecule has 0 saturated carbocycles. The maximum absolute atomic E-state index is 12.4. The Balaban J connectivity index is 1.79. The van der Waals surface area contributed by atoms with Gasteiger partial charge in [0.25, 0.3) is 11.5 Å². The molecule has 0 fully saturated rings. The number of amides is 1. The molecule has 1 amide bonds. The lowest BCUT2D eigenvalue weighted by Gasteiger charge is -2.23. The normalized spacial score (nSPS) is 11.6. The van der Waals surface area contributed by atoms with Crippen molar-refractivity contribution in [1.29, 1.82) is 0 Å². The van der Waals surface area contributed by atoms with Crippen molar-refractivity contribution in [2.24, 2.45) is 0 Å². The zero-order chi connectivity index (χ0) is 26.4. The first-order valence-corrected chi connectivity index (χ1v) is 10.4. The minimum Gasteiger partial charge on any atom is -0.481 e. The molecule has 36 heavy (non-hydrogen) atoms. The molecule has 7 N–H and O–H groups in total. The molecular weight excluding hydrogens is 478 g/mol. The van der Waals surface area contributed by atoms with Crippen molar-refractivity contribution in [3.8, 4) is 0 Å². The number of carboxylic acid groups (broad SMARTS) is 3. The van der Waals surface area contributed by atoms with Gasteiger partial charge >= 0.3 is 17.9 Å². The monoisotopic (exact) mass is 499 g/mol. The van der Waals surface area contributed by atoms with Crippen LogP contribution in [0, 0.1) is 0 Å². The smallest absolute Gasteiger partial charge is 0.326 e. The van der Waals surface area contributed by atoms with Crippen LogP contribution < -0.4 is 21.5 Å². The standard InChI is InChI=1S/C21H21N7O8/c22-21-26-17-16(19(34)27-21)24-11(7-23-17)8-28(9-15(31)32)12-3-1-10(2-4-12)18(33)25-13(20(35)36)5-6-14(29)30/h1-4,7,13H,5-6,8-9H2,(H,25,33)(H,29,30)(H,31,32)(H,35,36)(H3,22,23,26,27,34)/t13-/m0/s1. The van der Waals surface area contributed by atoms with Crippen molar-refractivity contribution in [1.82, 2.24) is 25.3 Å². The second-order valence-electron chi connectivity index (χ2n) is 7.58. The number of fused-ring (bicyclic) bond motifs is 1. The van der Waals surface area contributed by atoms with Crippen LogP contribution >= 0.6 is 0 Å². The van der Waals surface area contributed by atoms with E-state index in [-0.39, 0.29) is 41.3 Å². The van der Waals surface area contributed by atoms with Gasteiger partial charge in [0.05, 0.1) is 18.4 Å². The fraction of sp³-hybridized carbons (Fsp3) is 0.238. The number of aliphatic carboxylic acids is 3. The van der Waals surface area contributed by atoms with Crippen LogP contribution in [0.15, 0.2) is 35.3 Å². The van der Waals surface area contributed by atoms with E-state index in [1.54, 1.807) is 0 Å². The fourth-order valence-electron chi connectivity index (χ4n) is 3.23. The summed E-state index contributed by atoms with van der Waals surface area (Å²) in [6.07, 6.45) is 0.597. The van der Waals surface area contributed by atoms with Gasteiger partial charge in [-0.05, 0) is 30.7 Å². The van der Waals surface area contributed by atoms with Crippen LogP contribution in [0.3, 0.4) is 0 Å². The van der Waals surface area contributed by atoms with Crippen LogP contribution in [0.5, 0.6) is 0 Å². The molecule has 1 atom stereocenters. The summed E-state index contributed by atoms with van der Waals surface area (Å²) in [6.45, 7) is -0.501. The highest BCUT2D eigenvalue weighted by molar-refractivity contribution is 5.97. The average molecular weight is 499 g/mol. The number of carboxylic acids is 3. The number of benzene rings is 1. The predicted octanol–water partition coefficient (Wildman–Crippen LogP) is -0.566. The molecule has 15 heteroatoms. The average Bonchev–Trinajstić information content (AvgIpc) is 2.81. The number of anilines is 2. The summed E-state index contributed by atoms with van der Waals surface area (Å²) in [6, 6.07) is 4.23. The lowest BCUT2D eigenvalue weighted by atomic mass is 10.1. The van der Waals surface area contributed by atoms with Gasteiger partial charge in [-0.25, -0.2) is 14.8 Å². The molecule has 0 saturated heterocycles. The summed E-state index contributed by atoms with van der Waals surface area (Å²) in [7, 11) is 0. The van der Waals surface area contributed by atoms with Crippen LogP contribution in [-0.2, 0) is 20.9 Å². The van der Waals surface area contributed by atoms with Gasteiger partial charge < -0.3 is 31.3 Å². The van der Waals surface area contributed by atoms with E-state index in [1.807, 2.05) is 0 Å². The third-order valence-corrected chi connectivity index (χ3v) is 4.91. The van der Waals surface area contributed by atoms with Crippen molar-refractivity contribution >= 4 is 46.6 Å². The van der Waals surface area contributed by atoms with E-state index in [4.69, 9.17) is 10.8 Å². The quantitative estimate of drug-likeness (QED) is 0.194. The van der Waals surface area contributed by atoms with Crippen molar-refractivity contribution in [3.63, 3.8) is 0 Å². The van der Waals surface area contributed by atoms with Crippen molar-refractivity contribution < 1.29 is 34.5 Å². The van der Waals surface area contributed by atoms with E-state index < -0.39 is 48.4 Å². The zero-order valence-electron chi connectivity index (χ0n) is 18.5. The van der Waals surface area contributed by atoms with E-state index >= 15 is 0 Å². The number of hydrogen-bond donors (Lipinski definition) is 6. The van der Waals surface area contributed by atoms with Crippen LogP contribution in [0.1, 0.15) is 28.9 Å². The number of nitrogens with one attached hydrogen (secondary N) is 2. The minimum absolute atomic E-state index is 0.0307. The van der Waals surface area contributed by atoms with E-state index in [2.05, 4.69) is 25.3 Å². The molecule has 3 aromatic rings. The molecule has 3 rings (SSSR count). The van der Waals surface area contributed by atoms with E-state index in [0.29, 0.717) is 5.69 Å². The first-order chi connectivity index (χ1) is 17.0. The summed E-state index contributed by atoms with van der Waals surface area (Å²) in [4.78, 5) is 73.8. The van der Waals surface area contributed by atoms with Gasteiger partial charge in [-0.2, -0.15) is 4.98 Å². The molecule has 0 aliphatic rings. The predicted molar refractivity (Wildman–Crippen MR) is 123 cm³/mol. The van der Waals surface area contributed by atoms with Gasteiger partial charge in [0.2, 0.25) is 5.95 Å². The summed E-state index contributed by atoms with van der Waals surface area (Å²) < 4.78 is 0. The number of rotatable bonds is 11. The second kappa shape index (κ2) is 10.9. The van der Waals surface area contributed by atoms with Crippen molar-refractivity contribution in [2.75, 3.05) is 17.2 Å². The Hall–Kier alpha value is -5.08. The first-order valence-electron chi connectivity index (χ1n) is 10.4. The Morgan fingerprint density at radius 3 is 2.36 bits per heavy atom. The van der Waals surface area contributed by atoms with Gasteiger partial charge in [-0.15, -0.1) is 0 Å². The van der Waals surface area contributed by atoms with Gasteiger partial charge in [0.1, 0.15) is 12.6 Å². The Bertz CT molecular complexity index is 1370. The molecule has 0 aliphatic heterocycles. The topological polar surface area (TPSA) is 242 Å². The van der Waals surface area contributed by atoms with E-state index in [0.717, 1.165) is 0 Å². The van der Waals surface area contributed by atoms with Crippen molar-refractivity contribution in [2.45, 2.75) is 25.4 Å². The molecule has 0 bridgehead atoms. The summed E-state index contributed by atoms with van der Waals surface area (Å²) in [5.74, 6) is -4.58. The van der Waals surface area contributed by atoms with Crippen LogP contribution in [-0.4, -0.2) is 71.7 Å². The minimum atomic E-state index is -1.39. The summed E-state index contributed by atoms with van der Waals surface area (Å²) >= 11 is 0. The lowest BCUT2D eigenvalue weighted by Crippen LogP contribution is -2.41. The Morgan fingerprint density at radius 1 is 1.06 bits per heavy atom. The SMILES string of the molecule is Nc1nc2ncc(CN(CC(=O)O)c3ccc(C(=O)N[C@@H](CCC(=O)O)C(=O)O)cc3)nc2c(=O)[nH]1. The van der Waals surface area contributed by atoms with Gasteiger partial charge in [0.15, 0.2) is 11.2 Å². The maximum Gasteiger partial charge on any atom is 0.326 e. The molecule has 0 spiro atoms. The summed E-state index contributed by atoms with van der Waals surface area (Å²) in [5.41, 5.74) is 5.58. The number of hydrogen-bond acceptors (Lipinski definition) is 10. The van der Waals surface area contributed by atoms with Gasteiger partial charge in [-0.3, -0.25) is 24.2 Å². The third-order valence-electron chi connectivity index (χ3n) is 4.91. The largest absolute Gasteiger partial charge is 0.481 e. The number of aromatic amines is 1. The number of carbonyl (C=O) groups excluding carboxylic acids is 1. The first kappa shape index (κ1) is 25.5. The van der Waals surface area contributed by atoms with E-state index in [9.17, 15) is 34.2 Å². The van der Waals surface area contributed by atoms with Crippen LogP contribution in [0.25, 0.3) is 11.2 Å².